The van der Waals surface area contributed by atoms with Crippen LogP contribution in [0, 0.1) is 5.92 Å². The number of amides is 1. The molecule has 3 N–H and O–H groups in total. The van der Waals surface area contributed by atoms with Gasteiger partial charge in [0.1, 0.15) is 23.4 Å². The van der Waals surface area contributed by atoms with Crippen molar-refractivity contribution >= 4 is 33.7 Å². The van der Waals surface area contributed by atoms with Gasteiger partial charge in [0, 0.05) is 28.1 Å². The summed E-state index contributed by atoms with van der Waals surface area (Å²) in [5, 5.41) is 11.5. The number of aromatic nitrogens is 4. The third kappa shape index (κ3) is 2.61. The number of hydrogen-bond acceptors (Lipinski definition) is 4. The highest BCUT2D eigenvalue weighted by Crippen LogP contribution is 2.38. The molecule has 0 saturated heterocycles. The zero-order valence-electron chi connectivity index (χ0n) is 14.4. The number of ether oxygens (including phenoxy) is 1. The van der Waals surface area contributed by atoms with Gasteiger partial charge in [-0.1, -0.05) is 0 Å². The number of carbonyl (C=O) groups is 1. The van der Waals surface area contributed by atoms with E-state index in [1.807, 2.05) is 24.4 Å². The van der Waals surface area contributed by atoms with E-state index in [2.05, 4.69) is 25.5 Å². The Bertz CT molecular complexity index is 1180. The van der Waals surface area contributed by atoms with Crippen LogP contribution in [0.1, 0.15) is 6.42 Å². The van der Waals surface area contributed by atoms with Gasteiger partial charge in [-0.15, -0.1) is 0 Å². The lowest BCUT2D eigenvalue weighted by Crippen LogP contribution is -2.15. The quantitative estimate of drug-likeness (QED) is 0.516. The fourth-order valence-corrected chi connectivity index (χ4v) is 3.30. The molecule has 1 fully saturated rings. The van der Waals surface area contributed by atoms with Crippen molar-refractivity contribution in [1.29, 1.82) is 0 Å². The topological polar surface area (TPSA) is 95.7 Å². The van der Waals surface area contributed by atoms with Crippen LogP contribution in [0.15, 0.2) is 36.7 Å². The molecule has 1 amide bonds. The molecule has 1 saturated carbocycles. The summed E-state index contributed by atoms with van der Waals surface area (Å²) in [6.07, 6.45) is 2.85. The van der Waals surface area contributed by atoms with Crippen molar-refractivity contribution < 1.29 is 13.9 Å². The fourth-order valence-electron chi connectivity index (χ4n) is 3.30. The van der Waals surface area contributed by atoms with Gasteiger partial charge in [-0.2, -0.15) is 5.10 Å². The summed E-state index contributed by atoms with van der Waals surface area (Å²) in [5.41, 5.74) is 3.36. The van der Waals surface area contributed by atoms with E-state index in [1.165, 1.54) is 0 Å². The highest BCUT2D eigenvalue weighted by Gasteiger charge is 2.43. The van der Waals surface area contributed by atoms with Crippen molar-refractivity contribution in [2.75, 3.05) is 12.4 Å². The van der Waals surface area contributed by atoms with E-state index >= 15 is 0 Å². The second-order valence-corrected chi connectivity index (χ2v) is 6.65. The average Bonchev–Trinajstić information content (AvgIpc) is 3.07. The minimum atomic E-state index is -1.03. The fraction of sp³-hybridized carbons (Fsp3) is 0.211. The minimum absolute atomic E-state index is 0.288. The number of H-pyrrole nitrogens is 2. The van der Waals surface area contributed by atoms with Crippen LogP contribution in [0.4, 0.5) is 10.2 Å². The van der Waals surface area contributed by atoms with Crippen LogP contribution in [0.25, 0.3) is 33.1 Å². The molecule has 2 atom stereocenters. The van der Waals surface area contributed by atoms with Crippen molar-refractivity contribution in [3.63, 3.8) is 0 Å². The maximum atomic E-state index is 13.0. The lowest BCUT2D eigenvalue weighted by molar-refractivity contribution is -0.117. The molecule has 7 nitrogen and oxygen atoms in total. The van der Waals surface area contributed by atoms with Crippen molar-refractivity contribution in [3.05, 3.63) is 36.7 Å². The molecule has 1 aliphatic carbocycles. The van der Waals surface area contributed by atoms with Gasteiger partial charge in [0.15, 0.2) is 0 Å². The number of carbonyl (C=O) groups excluding carboxylic acids is 1. The molecule has 1 aliphatic rings. The van der Waals surface area contributed by atoms with Crippen LogP contribution >= 0.6 is 0 Å². The number of halogens is 1. The third-order valence-electron chi connectivity index (χ3n) is 4.89. The highest BCUT2D eigenvalue weighted by molar-refractivity contribution is 6.00. The van der Waals surface area contributed by atoms with E-state index in [-0.39, 0.29) is 12.3 Å². The molecule has 3 aromatic heterocycles. The van der Waals surface area contributed by atoms with E-state index in [1.54, 1.807) is 19.4 Å². The number of pyridine rings is 1. The van der Waals surface area contributed by atoms with E-state index in [9.17, 15) is 9.18 Å². The summed E-state index contributed by atoms with van der Waals surface area (Å²) in [6.45, 7) is 0. The van der Waals surface area contributed by atoms with Gasteiger partial charge >= 0.3 is 0 Å². The number of hydrogen-bond donors (Lipinski definition) is 3. The largest absolute Gasteiger partial charge is 0.496 e. The smallest absolute Gasteiger partial charge is 0.231 e. The molecule has 27 heavy (non-hydrogen) atoms. The maximum Gasteiger partial charge on any atom is 0.231 e. The Kier molecular flexibility index (Phi) is 3.40. The molecule has 136 valence electrons. The Hall–Kier alpha value is -3.42. The molecule has 3 heterocycles. The average molecular weight is 365 g/mol. The zero-order chi connectivity index (χ0) is 18.5. The Labute approximate surface area is 152 Å². The normalized spacial score (nSPS) is 18.7. The number of nitrogens with zero attached hydrogens (tertiary/aromatic N) is 2. The monoisotopic (exact) mass is 365 g/mol. The molecule has 5 rings (SSSR count). The molecule has 0 aliphatic heterocycles. The number of benzene rings is 1. The van der Waals surface area contributed by atoms with Crippen LogP contribution in [0.5, 0.6) is 5.75 Å². The first-order chi connectivity index (χ1) is 13.1. The summed E-state index contributed by atoms with van der Waals surface area (Å²) < 4.78 is 18.6. The molecular weight excluding hydrogens is 349 g/mol. The number of nitrogens with one attached hydrogen (secondary N) is 3. The summed E-state index contributed by atoms with van der Waals surface area (Å²) >= 11 is 0. The van der Waals surface area contributed by atoms with Crippen molar-refractivity contribution in [2.45, 2.75) is 12.6 Å². The molecule has 1 aromatic carbocycles. The van der Waals surface area contributed by atoms with E-state index in [0.29, 0.717) is 11.5 Å². The van der Waals surface area contributed by atoms with Gasteiger partial charge in [-0.3, -0.25) is 9.89 Å². The van der Waals surface area contributed by atoms with Gasteiger partial charge in [0.2, 0.25) is 5.91 Å². The van der Waals surface area contributed by atoms with Crippen LogP contribution < -0.4 is 10.1 Å². The van der Waals surface area contributed by atoms with Crippen LogP contribution in [0.3, 0.4) is 0 Å². The second-order valence-electron chi connectivity index (χ2n) is 6.65. The number of alkyl halides is 1. The Morgan fingerprint density at radius 1 is 1.33 bits per heavy atom. The number of fused-ring (bicyclic) bond motifs is 2. The first-order valence-corrected chi connectivity index (χ1v) is 8.58. The third-order valence-corrected chi connectivity index (χ3v) is 4.89. The molecule has 8 heteroatoms. The minimum Gasteiger partial charge on any atom is -0.496 e. The molecule has 4 aromatic rings. The van der Waals surface area contributed by atoms with Gasteiger partial charge < -0.3 is 15.0 Å². The number of aromatic amines is 2. The Balaban J connectivity index is 1.54. The summed E-state index contributed by atoms with van der Waals surface area (Å²) in [4.78, 5) is 19.5. The van der Waals surface area contributed by atoms with Gasteiger partial charge in [0.25, 0.3) is 0 Å². The van der Waals surface area contributed by atoms with Gasteiger partial charge in [-0.05, 0) is 30.7 Å². The summed E-state index contributed by atoms with van der Waals surface area (Å²) in [5.74, 6) is 0.250. The van der Waals surface area contributed by atoms with Crippen molar-refractivity contribution in [3.8, 4) is 16.9 Å². The predicted molar refractivity (Wildman–Crippen MR) is 99.4 cm³/mol. The lowest BCUT2D eigenvalue weighted by Gasteiger charge is -2.08. The summed E-state index contributed by atoms with van der Waals surface area (Å²) in [6, 6.07) is 7.50. The van der Waals surface area contributed by atoms with Crippen LogP contribution in [-0.4, -0.2) is 39.4 Å². The number of methoxy groups -OCH3 is 1. The van der Waals surface area contributed by atoms with Crippen molar-refractivity contribution in [1.82, 2.24) is 20.2 Å². The standard InChI is InChI=1S/C19H16FN5O2/c1-27-16-4-9-7-22-25-15(9)6-11(16)13-8-21-18-10(13)2-3-17(23-18)24-19(26)12-5-14(12)20/h2-4,6-8,12,14H,5H2,1H3,(H,22,25)(H2,21,23,24,26)/t12-,14+/m1/s1. The number of anilines is 1. The van der Waals surface area contributed by atoms with E-state index < -0.39 is 12.1 Å². The van der Waals surface area contributed by atoms with Gasteiger partial charge in [-0.25, -0.2) is 9.37 Å². The highest BCUT2D eigenvalue weighted by atomic mass is 19.1. The predicted octanol–water partition coefficient (Wildman–Crippen LogP) is 3.41. The molecule has 0 spiro atoms. The Morgan fingerprint density at radius 3 is 2.96 bits per heavy atom. The first-order valence-electron chi connectivity index (χ1n) is 8.58. The molecule has 0 radical (unpaired) electrons. The second kappa shape index (κ2) is 5.80. The summed E-state index contributed by atoms with van der Waals surface area (Å²) in [7, 11) is 1.63. The van der Waals surface area contributed by atoms with E-state index in [4.69, 9.17) is 4.74 Å². The SMILES string of the molecule is COc1cc2cn[nH]c2cc1-c1c[nH]c2nc(NC(=O)[C@@H]3C[C@@H]3F)ccc12. The van der Waals surface area contributed by atoms with Gasteiger partial charge in [0.05, 0.1) is 24.7 Å². The maximum absolute atomic E-state index is 13.0. The molecular formula is C19H16FN5O2. The van der Waals surface area contributed by atoms with E-state index in [0.717, 1.165) is 33.2 Å². The molecule has 0 unspecified atom stereocenters. The number of rotatable bonds is 4. The first kappa shape index (κ1) is 15.8. The van der Waals surface area contributed by atoms with Crippen molar-refractivity contribution in [2.24, 2.45) is 5.92 Å². The van der Waals surface area contributed by atoms with Crippen LogP contribution in [-0.2, 0) is 4.79 Å². The van der Waals surface area contributed by atoms with Crippen LogP contribution in [0.2, 0.25) is 0 Å². The zero-order valence-corrected chi connectivity index (χ0v) is 14.4. The molecule has 0 bridgehead atoms. The Morgan fingerprint density at radius 2 is 2.19 bits per heavy atom. The lowest BCUT2D eigenvalue weighted by atomic mass is 10.0.